The standard InChI is InChI=1S/C16H21N3O/c1-16(2,10-17)11-19(3)15(20)14-9-8-12-6-4-5-7-13(12)18-14/h4-9H,10-11,17H2,1-3H3. The van der Waals surface area contributed by atoms with E-state index < -0.39 is 0 Å². The predicted octanol–water partition coefficient (Wildman–Crippen LogP) is 2.29. The molecule has 4 nitrogen and oxygen atoms in total. The van der Waals surface area contributed by atoms with E-state index in [1.165, 1.54) is 0 Å². The Hall–Kier alpha value is -1.94. The van der Waals surface area contributed by atoms with E-state index >= 15 is 0 Å². The van der Waals surface area contributed by atoms with Crippen molar-refractivity contribution in [3.05, 3.63) is 42.1 Å². The van der Waals surface area contributed by atoms with Crippen molar-refractivity contribution in [2.45, 2.75) is 13.8 Å². The Morgan fingerprint density at radius 2 is 1.95 bits per heavy atom. The SMILES string of the molecule is CN(CC(C)(C)CN)C(=O)c1ccc2ccccc2n1. The molecule has 0 aliphatic rings. The minimum absolute atomic E-state index is 0.0720. The average molecular weight is 271 g/mol. The molecule has 0 saturated heterocycles. The molecule has 2 rings (SSSR count). The maximum atomic E-state index is 12.4. The number of carbonyl (C=O) groups is 1. The van der Waals surface area contributed by atoms with Crippen LogP contribution in [-0.4, -0.2) is 35.9 Å². The van der Waals surface area contributed by atoms with Gasteiger partial charge in [-0.05, 0) is 24.1 Å². The third-order valence-electron chi connectivity index (χ3n) is 3.38. The molecule has 1 heterocycles. The molecular weight excluding hydrogens is 250 g/mol. The van der Waals surface area contributed by atoms with Gasteiger partial charge >= 0.3 is 0 Å². The zero-order valence-corrected chi connectivity index (χ0v) is 12.3. The zero-order chi connectivity index (χ0) is 14.8. The van der Waals surface area contributed by atoms with Crippen LogP contribution in [0.25, 0.3) is 10.9 Å². The van der Waals surface area contributed by atoms with Crippen molar-refractivity contribution in [1.29, 1.82) is 0 Å². The molecular formula is C16H21N3O. The molecule has 20 heavy (non-hydrogen) atoms. The first-order valence-corrected chi connectivity index (χ1v) is 6.74. The number of para-hydroxylation sites is 1. The Morgan fingerprint density at radius 1 is 1.25 bits per heavy atom. The molecule has 0 atom stereocenters. The number of carbonyl (C=O) groups excluding carboxylic acids is 1. The van der Waals surface area contributed by atoms with Crippen molar-refractivity contribution in [2.75, 3.05) is 20.1 Å². The summed E-state index contributed by atoms with van der Waals surface area (Å²) in [5.41, 5.74) is 6.93. The van der Waals surface area contributed by atoms with Crippen molar-refractivity contribution < 1.29 is 4.79 Å². The van der Waals surface area contributed by atoms with Crippen LogP contribution < -0.4 is 5.73 Å². The van der Waals surface area contributed by atoms with Gasteiger partial charge in [-0.25, -0.2) is 4.98 Å². The average Bonchev–Trinajstić information content (AvgIpc) is 2.45. The third-order valence-corrected chi connectivity index (χ3v) is 3.38. The quantitative estimate of drug-likeness (QED) is 0.928. The third kappa shape index (κ3) is 3.14. The van der Waals surface area contributed by atoms with Gasteiger partial charge in [0.05, 0.1) is 5.52 Å². The minimum Gasteiger partial charge on any atom is -0.340 e. The van der Waals surface area contributed by atoms with Crippen LogP contribution in [0, 0.1) is 5.41 Å². The molecule has 1 amide bonds. The van der Waals surface area contributed by atoms with Gasteiger partial charge in [0.25, 0.3) is 5.91 Å². The van der Waals surface area contributed by atoms with Gasteiger partial charge in [0.15, 0.2) is 0 Å². The van der Waals surface area contributed by atoms with Crippen molar-refractivity contribution in [3.63, 3.8) is 0 Å². The molecule has 1 aromatic heterocycles. The van der Waals surface area contributed by atoms with Crippen molar-refractivity contribution in [1.82, 2.24) is 9.88 Å². The molecule has 0 aliphatic carbocycles. The van der Waals surface area contributed by atoms with E-state index in [0.29, 0.717) is 18.8 Å². The van der Waals surface area contributed by atoms with E-state index in [1.54, 1.807) is 18.0 Å². The lowest BCUT2D eigenvalue weighted by atomic mass is 9.93. The number of nitrogens with two attached hydrogens (primary N) is 1. The van der Waals surface area contributed by atoms with E-state index in [-0.39, 0.29) is 11.3 Å². The van der Waals surface area contributed by atoms with Gasteiger partial charge in [-0.2, -0.15) is 0 Å². The second kappa shape index (κ2) is 5.59. The van der Waals surface area contributed by atoms with Crippen LogP contribution >= 0.6 is 0 Å². The van der Waals surface area contributed by atoms with Crippen molar-refractivity contribution >= 4 is 16.8 Å². The topological polar surface area (TPSA) is 59.2 Å². The van der Waals surface area contributed by atoms with Crippen molar-refractivity contribution in [3.8, 4) is 0 Å². The number of fused-ring (bicyclic) bond motifs is 1. The molecule has 0 aliphatic heterocycles. The molecule has 0 bridgehead atoms. The fraction of sp³-hybridized carbons (Fsp3) is 0.375. The molecule has 1 aromatic carbocycles. The highest BCUT2D eigenvalue weighted by Gasteiger charge is 2.22. The number of amides is 1. The Labute approximate surface area is 119 Å². The molecule has 0 saturated carbocycles. The number of benzene rings is 1. The monoisotopic (exact) mass is 271 g/mol. The van der Waals surface area contributed by atoms with Crippen LogP contribution in [-0.2, 0) is 0 Å². The molecule has 0 unspecified atom stereocenters. The van der Waals surface area contributed by atoms with Crippen LogP contribution in [0.3, 0.4) is 0 Å². The highest BCUT2D eigenvalue weighted by Crippen LogP contribution is 2.17. The summed E-state index contributed by atoms with van der Waals surface area (Å²) in [4.78, 5) is 18.5. The van der Waals surface area contributed by atoms with Gasteiger partial charge in [-0.3, -0.25) is 4.79 Å². The van der Waals surface area contributed by atoms with E-state index in [2.05, 4.69) is 4.98 Å². The fourth-order valence-electron chi connectivity index (χ4n) is 2.16. The van der Waals surface area contributed by atoms with Crippen LogP contribution in [0.2, 0.25) is 0 Å². The molecule has 0 spiro atoms. The van der Waals surface area contributed by atoms with E-state index in [4.69, 9.17) is 5.73 Å². The second-order valence-corrected chi connectivity index (χ2v) is 5.92. The van der Waals surface area contributed by atoms with Gasteiger partial charge in [0.1, 0.15) is 5.69 Å². The summed E-state index contributed by atoms with van der Waals surface area (Å²) in [5.74, 6) is -0.0720. The smallest absolute Gasteiger partial charge is 0.272 e. The van der Waals surface area contributed by atoms with Crippen LogP contribution in [0.1, 0.15) is 24.3 Å². The molecule has 0 radical (unpaired) electrons. The van der Waals surface area contributed by atoms with Crippen LogP contribution in [0.4, 0.5) is 0 Å². The van der Waals surface area contributed by atoms with E-state index in [1.807, 2.05) is 44.2 Å². The lowest BCUT2D eigenvalue weighted by Crippen LogP contribution is -2.40. The number of pyridine rings is 1. The Morgan fingerprint density at radius 3 is 2.65 bits per heavy atom. The first-order chi connectivity index (χ1) is 9.43. The second-order valence-electron chi connectivity index (χ2n) is 5.92. The minimum atomic E-state index is -0.0960. The van der Waals surface area contributed by atoms with Gasteiger partial charge in [0, 0.05) is 19.0 Å². The molecule has 106 valence electrons. The highest BCUT2D eigenvalue weighted by molar-refractivity contribution is 5.94. The maximum Gasteiger partial charge on any atom is 0.272 e. The summed E-state index contributed by atoms with van der Waals surface area (Å²) in [7, 11) is 1.79. The summed E-state index contributed by atoms with van der Waals surface area (Å²) < 4.78 is 0. The number of rotatable bonds is 4. The number of hydrogen-bond acceptors (Lipinski definition) is 3. The van der Waals surface area contributed by atoms with Gasteiger partial charge in [0.2, 0.25) is 0 Å². The maximum absolute atomic E-state index is 12.4. The largest absolute Gasteiger partial charge is 0.340 e. The first-order valence-electron chi connectivity index (χ1n) is 6.74. The summed E-state index contributed by atoms with van der Waals surface area (Å²) in [5, 5.41) is 1.04. The Bertz CT molecular complexity index is 622. The van der Waals surface area contributed by atoms with Gasteiger partial charge in [-0.1, -0.05) is 38.1 Å². The first kappa shape index (κ1) is 14.5. The number of nitrogens with zero attached hydrogens (tertiary/aromatic N) is 2. The number of aromatic nitrogens is 1. The van der Waals surface area contributed by atoms with Crippen LogP contribution in [0.15, 0.2) is 36.4 Å². The normalized spacial score (nSPS) is 11.6. The Balaban J connectivity index is 2.22. The summed E-state index contributed by atoms with van der Waals surface area (Å²) in [6.45, 7) is 5.24. The molecule has 0 fully saturated rings. The van der Waals surface area contributed by atoms with E-state index in [9.17, 15) is 4.79 Å². The van der Waals surface area contributed by atoms with Gasteiger partial charge in [-0.15, -0.1) is 0 Å². The summed E-state index contributed by atoms with van der Waals surface area (Å²) >= 11 is 0. The molecule has 2 N–H and O–H groups in total. The number of hydrogen-bond donors (Lipinski definition) is 1. The summed E-state index contributed by atoms with van der Waals surface area (Å²) in [6.07, 6.45) is 0. The molecule has 4 heteroatoms. The van der Waals surface area contributed by atoms with Crippen LogP contribution in [0.5, 0.6) is 0 Å². The fourth-order valence-corrected chi connectivity index (χ4v) is 2.16. The summed E-state index contributed by atoms with van der Waals surface area (Å²) in [6, 6.07) is 11.5. The predicted molar refractivity (Wildman–Crippen MR) is 81.5 cm³/mol. The Kier molecular flexibility index (Phi) is 4.04. The lowest BCUT2D eigenvalue weighted by Gasteiger charge is -2.28. The van der Waals surface area contributed by atoms with Gasteiger partial charge < -0.3 is 10.6 Å². The van der Waals surface area contributed by atoms with E-state index in [0.717, 1.165) is 10.9 Å². The van der Waals surface area contributed by atoms with Crippen molar-refractivity contribution in [2.24, 2.45) is 11.1 Å². The highest BCUT2D eigenvalue weighted by atomic mass is 16.2. The zero-order valence-electron chi connectivity index (χ0n) is 12.3. The molecule has 2 aromatic rings. The lowest BCUT2D eigenvalue weighted by molar-refractivity contribution is 0.0735.